The van der Waals surface area contributed by atoms with Crippen LogP contribution < -0.4 is 0 Å². The first-order valence-electron chi connectivity index (χ1n) is 5.67. The number of hydrogen-bond donors (Lipinski definition) is 0. The molecule has 0 atom stereocenters. The molecule has 82 valence electrons. The van der Waals surface area contributed by atoms with Gasteiger partial charge in [0.05, 0.1) is 0 Å². The first kappa shape index (κ1) is 10.6. The van der Waals surface area contributed by atoms with E-state index in [1.807, 2.05) is 12.1 Å². The van der Waals surface area contributed by atoms with Crippen LogP contribution in [0.15, 0.2) is 24.3 Å². The van der Waals surface area contributed by atoms with E-state index in [2.05, 4.69) is 11.9 Å². The summed E-state index contributed by atoms with van der Waals surface area (Å²) in [6, 6.07) is 6.94. The summed E-state index contributed by atoms with van der Waals surface area (Å²) in [6.45, 7) is 2.40. The van der Waals surface area contributed by atoms with Crippen LogP contribution >= 0.6 is 0 Å². The van der Waals surface area contributed by atoms with E-state index >= 15 is 0 Å². The second kappa shape index (κ2) is 4.75. The zero-order valence-corrected chi connectivity index (χ0v) is 9.25. The number of nitrogens with zero attached hydrogens (tertiary/aromatic N) is 1. The third kappa shape index (κ3) is 3.03. The first-order chi connectivity index (χ1) is 7.24. The Morgan fingerprint density at radius 3 is 2.40 bits per heavy atom. The predicted octanol–water partition coefficient (Wildman–Crippen LogP) is 2.71. The van der Waals surface area contributed by atoms with Gasteiger partial charge in [0.25, 0.3) is 0 Å². The molecule has 1 aliphatic heterocycles. The molecule has 0 amide bonds. The smallest absolute Gasteiger partial charge is 0.123 e. The fourth-order valence-electron chi connectivity index (χ4n) is 2.22. The molecule has 2 heteroatoms. The maximum atomic E-state index is 12.7. The Morgan fingerprint density at radius 1 is 1.20 bits per heavy atom. The molecule has 1 nitrogen and oxygen atoms in total. The zero-order valence-electron chi connectivity index (χ0n) is 9.25. The summed E-state index contributed by atoms with van der Waals surface area (Å²) in [5.41, 5.74) is 1.27. The first-order valence-corrected chi connectivity index (χ1v) is 5.67. The van der Waals surface area contributed by atoms with Crippen LogP contribution in [0, 0.1) is 11.7 Å². The van der Waals surface area contributed by atoms with Gasteiger partial charge < -0.3 is 4.90 Å². The number of rotatable bonds is 2. The summed E-state index contributed by atoms with van der Waals surface area (Å²) in [5, 5.41) is 0. The Labute approximate surface area is 90.9 Å². The molecule has 0 bridgehead atoms. The van der Waals surface area contributed by atoms with E-state index in [0.29, 0.717) is 0 Å². The highest BCUT2D eigenvalue weighted by Gasteiger charge is 2.16. The quantitative estimate of drug-likeness (QED) is 0.720. The van der Waals surface area contributed by atoms with E-state index in [0.717, 1.165) is 12.3 Å². The summed E-state index contributed by atoms with van der Waals surface area (Å²) < 4.78 is 12.7. The largest absolute Gasteiger partial charge is 0.306 e. The minimum absolute atomic E-state index is 0.137. The predicted molar refractivity (Wildman–Crippen MR) is 60.3 cm³/mol. The van der Waals surface area contributed by atoms with Gasteiger partial charge in [0.2, 0.25) is 0 Å². The zero-order chi connectivity index (χ0) is 10.7. The van der Waals surface area contributed by atoms with Crippen molar-refractivity contribution in [2.75, 3.05) is 20.1 Å². The Hall–Kier alpha value is -0.890. The molecule has 0 saturated carbocycles. The molecule has 0 aliphatic carbocycles. The molecule has 1 fully saturated rings. The van der Waals surface area contributed by atoms with Gasteiger partial charge in [0.1, 0.15) is 5.82 Å². The normalized spacial score (nSPS) is 19.3. The number of halogens is 1. The van der Waals surface area contributed by atoms with Crippen molar-refractivity contribution in [1.82, 2.24) is 4.90 Å². The summed E-state index contributed by atoms with van der Waals surface area (Å²) in [6.07, 6.45) is 3.65. The second-order valence-electron chi connectivity index (χ2n) is 4.58. The van der Waals surface area contributed by atoms with Crippen LogP contribution in [0.4, 0.5) is 4.39 Å². The van der Waals surface area contributed by atoms with Gasteiger partial charge in [-0.3, -0.25) is 0 Å². The van der Waals surface area contributed by atoms with Crippen molar-refractivity contribution in [2.45, 2.75) is 19.3 Å². The summed E-state index contributed by atoms with van der Waals surface area (Å²) in [4.78, 5) is 2.38. The van der Waals surface area contributed by atoms with E-state index in [9.17, 15) is 4.39 Å². The molecular weight excluding hydrogens is 189 g/mol. The Morgan fingerprint density at radius 2 is 1.80 bits per heavy atom. The van der Waals surface area contributed by atoms with Crippen LogP contribution in [0.3, 0.4) is 0 Å². The van der Waals surface area contributed by atoms with E-state index in [4.69, 9.17) is 0 Å². The lowest BCUT2D eigenvalue weighted by molar-refractivity contribution is 0.219. The van der Waals surface area contributed by atoms with E-state index in [-0.39, 0.29) is 5.82 Å². The number of hydrogen-bond acceptors (Lipinski definition) is 1. The monoisotopic (exact) mass is 207 g/mol. The van der Waals surface area contributed by atoms with Crippen LogP contribution in [-0.4, -0.2) is 25.0 Å². The van der Waals surface area contributed by atoms with Crippen molar-refractivity contribution in [1.29, 1.82) is 0 Å². The highest BCUT2D eigenvalue weighted by Crippen LogP contribution is 2.20. The molecule has 1 aromatic rings. The van der Waals surface area contributed by atoms with Crippen molar-refractivity contribution >= 4 is 0 Å². The van der Waals surface area contributed by atoms with Gasteiger partial charge in [0, 0.05) is 0 Å². The second-order valence-corrected chi connectivity index (χ2v) is 4.58. The van der Waals surface area contributed by atoms with E-state index in [1.54, 1.807) is 12.1 Å². The van der Waals surface area contributed by atoms with Crippen molar-refractivity contribution in [3.63, 3.8) is 0 Å². The highest BCUT2D eigenvalue weighted by atomic mass is 19.1. The molecule has 1 saturated heterocycles. The molecule has 0 radical (unpaired) electrons. The Balaban J connectivity index is 1.89. The maximum absolute atomic E-state index is 12.7. The fourth-order valence-corrected chi connectivity index (χ4v) is 2.22. The van der Waals surface area contributed by atoms with Gasteiger partial charge in [-0.1, -0.05) is 12.1 Å². The van der Waals surface area contributed by atoms with Gasteiger partial charge in [-0.15, -0.1) is 0 Å². The third-order valence-corrected chi connectivity index (χ3v) is 3.28. The SMILES string of the molecule is CN1CCC(Cc2ccc(F)cc2)CC1. The van der Waals surface area contributed by atoms with Crippen molar-refractivity contribution in [2.24, 2.45) is 5.92 Å². The number of likely N-dealkylation sites (tertiary alicyclic amines) is 1. The number of piperidine rings is 1. The molecular formula is C13H18FN. The number of benzene rings is 1. The topological polar surface area (TPSA) is 3.24 Å². The summed E-state index contributed by atoms with van der Waals surface area (Å²) in [5.74, 6) is 0.647. The molecule has 0 aromatic heterocycles. The lowest BCUT2D eigenvalue weighted by Gasteiger charge is -2.28. The minimum atomic E-state index is -0.137. The van der Waals surface area contributed by atoms with Crippen molar-refractivity contribution < 1.29 is 4.39 Å². The van der Waals surface area contributed by atoms with Crippen LogP contribution in [0.25, 0.3) is 0 Å². The van der Waals surface area contributed by atoms with E-state index in [1.165, 1.54) is 31.5 Å². The van der Waals surface area contributed by atoms with Gasteiger partial charge >= 0.3 is 0 Å². The van der Waals surface area contributed by atoms with Crippen LogP contribution in [0.5, 0.6) is 0 Å². The summed E-state index contributed by atoms with van der Waals surface area (Å²) >= 11 is 0. The van der Waals surface area contributed by atoms with Crippen molar-refractivity contribution in [3.05, 3.63) is 35.6 Å². The molecule has 0 spiro atoms. The third-order valence-electron chi connectivity index (χ3n) is 3.28. The van der Waals surface area contributed by atoms with Gasteiger partial charge in [0.15, 0.2) is 0 Å². The molecule has 1 aromatic carbocycles. The molecule has 1 heterocycles. The lowest BCUT2D eigenvalue weighted by Crippen LogP contribution is -2.30. The van der Waals surface area contributed by atoms with E-state index < -0.39 is 0 Å². The fraction of sp³-hybridized carbons (Fsp3) is 0.538. The van der Waals surface area contributed by atoms with Gasteiger partial charge in [-0.25, -0.2) is 4.39 Å². The van der Waals surface area contributed by atoms with Crippen LogP contribution in [0.2, 0.25) is 0 Å². The average Bonchev–Trinajstić information content (AvgIpc) is 2.25. The Kier molecular flexibility index (Phi) is 3.37. The van der Waals surface area contributed by atoms with Crippen molar-refractivity contribution in [3.8, 4) is 0 Å². The molecule has 2 rings (SSSR count). The molecule has 1 aliphatic rings. The Bertz CT molecular complexity index is 299. The molecule has 0 N–H and O–H groups in total. The van der Waals surface area contributed by atoms with Gasteiger partial charge in [-0.05, 0) is 63.0 Å². The maximum Gasteiger partial charge on any atom is 0.123 e. The van der Waals surface area contributed by atoms with Crippen LogP contribution in [0.1, 0.15) is 18.4 Å². The highest BCUT2D eigenvalue weighted by molar-refractivity contribution is 5.16. The van der Waals surface area contributed by atoms with Crippen LogP contribution in [-0.2, 0) is 6.42 Å². The molecule has 15 heavy (non-hydrogen) atoms. The standard InChI is InChI=1S/C13H18FN/c1-15-8-6-12(7-9-15)10-11-2-4-13(14)5-3-11/h2-5,12H,6-10H2,1H3. The summed E-state index contributed by atoms with van der Waals surface area (Å²) in [7, 11) is 2.17. The average molecular weight is 207 g/mol. The van der Waals surface area contributed by atoms with Gasteiger partial charge in [-0.2, -0.15) is 0 Å². The minimum Gasteiger partial charge on any atom is -0.306 e. The molecule has 0 unspecified atom stereocenters. The lowest BCUT2D eigenvalue weighted by atomic mass is 9.90.